The molecule has 0 unspecified atom stereocenters. The number of rotatable bonds is 4. The highest BCUT2D eigenvalue weighted by atomic mass is 16.7. The molecule has 23 heavy (non-hydrogen) atoms. The second kappa shape index (κ2) is 9.83. The van der Waals surface area contributed by atoms with Gasteiger partial charge in [-0.1, -0.05) is 37.3 Å². The first-order valence-corrected chi connectivity index (χ1v) is 6.95. The summed E-state index contributed by atoms with van der Waals surface area (Å²) in [5.41, 5.74) is 0.218. The monoisotopic (exact) mass is 318 g/mol. The van der Waals surface area contributed by atoms with E-state index in [0.717, 1.165) is 6.42 Å². The lowest BCUT2D eigenvalue weighted by Gasteiger charge is -2.03. The number of carbonyl (C=O) groups is 2. The minimum absolute atomic E-state index is 0.0383. The maximum atomic E-state index is 11.2. The summed E-state index contributed by atoms with van der Waals surface area (Å²) in [6.07, 6.45) is -0.509. The molecule has 0 saturated heterocycles. The number of aromatic hydroxyl groups is 1. The zero-order valence-electron chi connectivity index (χ0n) is 12.6. The predicted octanol–water partition coefficient (Wildman–Crippen LogP) is 3.70. The van der Waals surface area contributed by atoms with Crippen LogP contribution in [0.2, 0.25) is 0 Å². The van der Waals surface area contributed by atoms with Crippen molar-refractivity contribution in [1.82, 2.24) is 0 Å². The molecule has 2 N–H and O–H groups in total. The summed E-state index contributed by atoms with van der Waals surface area (Å²) >= 11 is 0. The highest BCUT2D eigenvalue weighted by molar-refractivity contribution is 5.92. The molecule has 2 rings (SSSR count). The number of benzene rings is 2. The molecule has 0 saturated carbocycles. The predicted molar refractivity (Wildman–Crippen MR) is 83.8 cm³/mol. The van der Waals surface area contributed by atoms with Gasteiger partial charge in [-0.3, -0.25) is 0 Å². The number of hydrogen-bond acceptors (Lipinski definition) is 5. The molecule has 0 atom stereocenters. The lowest BCUT2D eigenvalue weighted by atomic mass is 10.2. The third kappa shape index (κ3) is 6.99. The van der Waals surface area contributed by atoms with Crippen LogP contribution in [0, 0.1) is 0 Å². The molecule has 2 aromatic carbocycles. The topological polar surface area (TPSA) is 93.1 Å². The minimum Gasteiger partial charge on any atom is -0.507 e. The Kier molecular flexibility index (Phi) is 7.71. The summed E-state index contributed by atoms with van der Waals surface area (Å²) in [6.45, 7) is 2.30. The second-order valence-electron chi connectivity index (χ2n) is 4.33. The van der Waals surface area contributed by atoms with Crippen LogP contribution in [0.25, 0.3) is 0 Å². The minimum atomic E-state index is -1.29. The van der Waals surface area contributed by atoms with Crippen molar-refractivity contribution in [3.05, 3.63) is 60.2 Å². The van der Waals surface area contributed by atoms with E-state index in [4.69, 9.17) is 9.84 Å². The Labute approximate surface area is 133 Å². The van der Waals surface area contributed by atoms with Crippen LogP contribution in [-0.2, 0) is 4.74 Å². The Morgan fingerprint density at radius 1 is 1.00 bits per heavy atom. The Bertz CT molecular complexity index is 624. The van der Waals surface area contributed by atoms with Crippen LogP contribution < -0.4 is 4.74 Å². The van der Waals surface area contributed by atoms with Gasteiger partial charge in [-0.15, -0.1) is 0 Å². The zero-order chi connectivity index (χ0) is 17.1. The van der Waals surface area contributed by atoms with Crippen molar-refractivity contribution in [3.63, 3.8) is 0 Å². The van der Waals surface area contributed by atoms with Gasteiger partial charge in [-0.25, -0.2) is 9.59 Å². The maximum Gasteiger partial charge on any atom is 0.511 e. The van der Waals surface area contributed by atoms with E-state index >= 15 is 0 Å². The fourth-order valence-electron chi connectivity index (χ4n) is 1.51. The second-order valence-corrected chi connectivity index (χ2v) is 4.33. The van der Waals surface area contributed by atoms with Crippen molar-refractivity contribution < 1.29 is 29.3 Å². The average molecular weight is 318 g/mol. The first-order valence-electron chi connectivity index (χ1n) is 6.95. The Morgan fingerprint density at radius 3 is 2.17 bits per heavy atom. The molecule has 0 aliphatic carbocycles. The van der Waals surface area contributed by atoms with Crippen LogP contribution in [0.1, 0.15) is 23.7 Å². The van der Waals surface area contributed by atoms with Gasteiger partial charge in [0.05, 0.1) is 6.61 Å². The lowest BCUT2D eigenvalue weighted by molar-refractivity contribution is 0.0501. The zero-order valence-corrected chi connectivity index (χ0v) is 12.6. The Morgan fingerprint density at radius 2 is 1.61 bits per heavy atom. The molecule has 0 radical (unpaired) electrons. The summed E-state index contributed by atoms with van der Waals surface area (Å²) in [6, 6.07) is 14.7. The van der Waals surface area contributed by atoms with E-state index in [1.165, 1.54) is 12.1 Å². The van der Waals surface area contributed by atoms with E-state index in [2.05, 4.69) is 4.74 Å². The maximum absolute atomic E-state index is 11.2. The van der Waals surface area contributed by atoms with Gasteiger partial charge in [0.1, 0.15) is 17.1 Å². The molecular weight excluding hydrogens is 300 g/mol. The molecule has 2 aromatic rings. The van der Waals surface area contributed by atoms with Crippen LogP contribution >= 0.6 is 0 Å². The average Bonchev–Trinajstić information content (AvgIpc) is 2.54. The quantitative estimate of drug-likeness (QED) is 0.659. The smallest absolute Gasteiger partial charge is 0.507 e. The summed E-state index contributed by atoms with van der Waals surface area (Å²) in [7, 11) is 0. The van der Waals surface area contributed by atoms with Gasteiger partial charge < -0.3 is 19.7 Å². The number of carbonyl (C=O) groups excluding carboxylic acids is 1. The number of phenolic OH excluding ortho intramolecular Hbond substituents is 1. The van der Waals surface area contributed by atoms with Crippen LogP contribution in [0.4, 0.5) is 4.79 Å². The van der Waals surface area contributed by atoms with Gasteiger partial charge in [-0.2, -0.15) is 0 Å². The number of hydrogen-bond donors (Lipinski definition) is 2. The van der Waals surface area contributed by atoms with Gasteiger partial charge in [0, 0.05) is 0 Å². The molecule has 0 amide bonds. The summed E-state index contributed by atoms with van der Waals surface area (Å²) < 4.78 is 9.19. The van der Waals surface area contributed by atoms with Crippen LogP contribution in [0.5, 0.6) is 11.5 Å². The first kappa shape index (κ1) is 18.0. The fourth-order valence-corrected chi connectivity index (χ4v) is 1.51. The van der Waals surface area contributed by atoms with E-state index in [0.29, 0.717) is 12.4 Å². The van der Waals surface area contributed by atoms with Crippen molar-refractivity contribution in [2.75, 3.05) is 6.61 Å². The van der Waals surface area contributed by atoms with Crippen LogP contribution in [0.15, 0.2) is 54.6 Å². The van der Waals surface area contributed by atoms with Gasteiger partial charge in [0.25, 0.3) is 0 Å². The number of esters is 1. The van der Waals surface area contributed by atoms with Gasteiger partial charge in [0.15, 0.2) is 0 Å². The lowest BCUT2D eigenvalue weighted by Crippen LogP contribution is -2.05. The molecule has 0 fully saturated rings. The van der Waals surface area contributed by atoms with E-state index in [1.54, 1.807) is 42.5 Å². The number of ether oxygens (including phenoxy) is 2. The third-order valence-electron chi connectivity index (χ3n) is 2.51. The SMILES string of the molecule is CCCOC(=O)c1ccccc1O.O=C(O)Oc1ccccc1. The molecule has 6 heteroatoms. The van der Waals surface area contributed by atoms with Gasteiger partial charge in [0.2, 0.25) is 0 Å². The molecule has 122 valence electrons. The first-order chi connectivity index (χ1) is 11.0. The van der Waals surface area contributed by atoms with Gasteiger partial charge in [-0.05, 0) is 30.7 Å². The largest absolute Gasteiger partial charge is 0.511 e. The molecule has 0 spiro atoms. The highest BCUT2D eigenvalue weighted by Gasteiger charge is 2.10. The standard InChI is InChI=1S/C10H12O3.C7H6O3/c1-2-7-13-10(12)8-5-3-4-6-9(8)11;8-7(9)10-6-4-2-1-3-5-6/h3-6,11H,2,7H2,1H3;1-5H,(H,8,9). The van der Waals surface area contributed by atoms with E-state index in [9.17, 15) is 14.7 Å². The number of para-hydroxylation sites is 2. The van der Waals surface area contributed by atoms with E-state index in [-0.39, 0.29) is 11.3 Å². The fraction of sp³-hybridized carbons (Fsp3) is 0.176. The van der Waals surface area contributed by atoms with Crippen LogP contribution in [0.3, 0.4) is 0 Å². The molecule has 0 aromatic heterocycles. The molecule has 0 aliphatic rings. The van der Waals surface area contributed by atoms with Crippen molar-refractivity contribution in [3.8, 4) is 11.5 Å². The molecule has 6 nitrogen and oxygen atoms in total. The van der Waals surface area contributed by atoms with Gasteiger partial charge >= 0.3 is 12.1 Å². The number of phenols is 1. The summed E-state index contributed by atoms with van der Waals surface area (Å²) in [4.78, 5) is 21.2. The molecule has 0 aliphatic heterocycles. The molecule has 0 bridgehead atoms. The Balaban J connectivity index is 0.000000238. The number of carboxylic acid groups (broad SMARTS) is 1. The Hall–Kier alpha value is -3.02. The van der Waals surface area contributed by atoms with Crippen molar-refractivity contribution in [2.24, 2.45) is 0 Å². The van der Waals surface area contributed by atoms with E-state index in [1.807, 2.05) is 6.92 Å². The molecular formula is C17H18O6. The molecule has 0 heterocycles. The highest BCUT2D eigenvalue weighted by Crippen LogP contribution is 2.16. The van der Waals surface area contributed by atoms with Crippen molar-refractivity contribution in [2.45, 2.75) is 13.3 Å². The van der Waals surface area contributed by atoms with Crippen molar-refractivity contribution in [1.29, 1.82) is 0 Å². The summed E-state index contributed by atoms with van der Waals surface area (Å²) in [5, 5.41) is 17.4. The van der Waals surface area contributed by atoms with Crippen LogP contribution in [-0.4, -0.2) is 28.9 Å². The normalized spacial score (nSPS) is 9.26. The summed E-state index contributed by atoms with van der Waals surface area (Å²) in [5.74, 6) is -0.168. The van der Waals surface area contributed by atoms with E-state index < -0.39 is 12.1 Å². The third-order valence-corrected chi connectivity index (χ3v) is 2.51. The van der Waals surface area contributed by atoms with Crippen molar-refractivity contribution >= 4 is 12.1 Å².